The first-order valence-electron chi connectivity index (χ1n) is 4.52. The van der Waals surface area contributed by atoms with Gasteiger partial charge in [0.05, 0.1) is 0 Å². The van der Waals surface area contributed by atoms with Gasteiger partial charge in [0, 0.05) is 24.3 Å². The standard InChI is InChI=1S/C10H15N3O/c1-12-6-7-13-10(14)8-2-4-9(11)5-3-8/h2-5,12H,6-7,11H2,1H3,(H,13,14). The summed E-state index contributed by atoms with van der Waals surface area (Å²) < 4.78 is 0. The van der Waals surface area contributed by atoms with Gasteiger partial charge in [0.25, 0.3) is 5.91 Å². The minimum absolute atomic E-state index is 0.0692. The lowest BCUT2D eigenvalue weighted by Crippen LogP contribution is -2.30. The lowest BCUT2D eigenvalue weighted by Gasteiger charge is -2.04. The van der Waals surface area contributed by atoms with E-state index in [9.17, 15) is 4.79 Å². The van der Waals surface area contributed by atoms with E-state index in [0.717, 1.165) is 6.54 Å². The Morgan fingerprint density at radius 2 is 1.93 bits per heavy atom. The lowest BCUT2D eigenvalue weighted by atomic mass is 10.2. The molecule has 0 radical (unpaired) electrons. The largest absolute Gasteiger partial charge is 0.399 e. The van der Waals surface area contributed by atoms with Crippen LogP contribution in [-0.4, -0.2) is 26.0 Å². The maximum atomic E-state index is 11.5. The zero-order chi connectivity index (χ0) is 10.4. The summed E-state index contributed by atoms with van der Waals surface area (Å²) in [7, 11) is 1.84. The summed E-state index contributed by atoms with van der Waals surface area (Å²) in [5, 5.41) is 5.73. The molecule has 0 aromatic heterocycles. The Hall–Kier alpha value is -1.55. The highest BCUT2D eigenvalue weighted by molar-refractivity contribution is 5.94. The van der Waals surface area contributed by atoms with E-state index in [4.69, 9.17) is 5.73 Å². The third-order valence-electron chi connectivity index (χ3n) is 1.83. The number of hydrogen-bond acceptors (Lipinski definition) is 3. The number of nitrogens with two attached hydrogens (primary N) is 1. The van der Waals surface area contributed by atoms with Gasteiger partial charge < -0.3 is 16.4 Å². The first-order valence-corrected chi connectivity index (χ1v) is 4.52. The van der Waals surface area contributed by atoms with Crippen molar-refractivity contribution in [1.82, 2.24) is 10.6 Å². The van der Waals surface area contributed by atoms with E-state index in [1.54, 1.807) is 24.3 Å². The molecule has 4 nitrogen and oxygen atoms in total. The van der Waals surface area contributed by atoms with Crippen LogP contribution in [0.5, 0.6) is 0 Å². The van der Waals surface area contributed by atoms with Crippen molar-refractivity contribution in [2.75, 3.05) is 25.9 Å². The van der Waals surface area contributed by atoms with E-state index in [1.165, 1.54) is 0 Å². The van der Waals surface area contributed by atoms with Crippen LogP contribution >= 0.6 is 0 Å². The first-order chi connectivity index (χ1) is 6.74. The molecular weight excluding hydrogens is 178 g/mol. The number of hydrogen-bond donors (Lipinski definition) is 3. The van der Waals surface area contributed by atoms with Gasteiger partial charge in [-0.15, -0.1) is 0 Å². The third-order valence-corrected chi connectivity index (χ3v) is 1.83. The molecule has 0 unspecified atom stereocenters. The Bertz CT molecular complexity index is 295. The Balaban J connectivity index is 2.48. The number of amides is 1. The predicted octanol–water partition coefficient (Wildman–Crippen LogP) is 0.218. The average molecular weight is 193 g/mol. The van der Waals surface area contributed by atoms with E-state index in [-0.39, 0.29) is 5.91 Å². The predicted molar refractivity (Wildman–Crippen MR) is 57.1 cm³/mol. The molecule has 0 spiro atoms. The van der Waals surface area contributed by atoms with Crippen molar-refractivity contribution in [1.29, 1.82) is 0 Å². The summed E-state index contributed by atoms with van der Waals surface area (Å²) in [6.45, 7) is 1.39. The van der Waals surface area contributed by atoms with Crippen LogP contribution in [0, 0.1) is 0 Å². The number of carbonyl (C=O) groups is 1. The molecule has 0 aliphatic carbocycles. The van der Waals surface area contributed by atoms with Gasteiger partial charge in [-0.25, -0.2) is 0 Å². The van der Waals surface area contributed by atoms with Crippen LogP contribution in [0.25, 0.3) is 0 Å². The van der Waals surface area contributed by atoms with E-state index >= 15 is 0 Å². The number of anilines is 1. The second-order valence-corrected chi connectivity index (χ2v) is 2.98. The normalized spacial score (nSPS) is 9.79. The summed E-state index contributed by atoms with van der Waals surface area (Å²) in [4.78, 5) is 11.5. The van der Waals surface area contributed by atoms with E-state index in [0.29, 0.717) is 17.8 Å². The highest BCUT2D eigenvalue weighted by Gasteiger charge is 2.02. The van der Waals surface area contributed by atoms with Crippen LogP contribution in [0.4, 0.5) is 5.69 Å². The van der Waals surface area contributed by atoms with Gasteiger partial charge in [-0.1, -0.05) is 0 Å². The van der Waals surface area contributed by atoms with Gasteiger partial charge in [0.1, 0.15) is 0 Å². The summed E-state index contributed by atoms with van der Waals surface area (Å²) in [5.74, 6) is -0.0692. The fourth-order valence-electron chi connectivity index (χ4n) is 1.04. The molecule has 0 fully saturated rings. The van der Waals surface area contributed by atoms with E-state index < -0.39 is 0 Å². The molecule has 76 valence electrons. The molecule has 0 saturated carbocycles. The minimum atomic E-state index is -0.0692. The summed E-state index contributed by atoms with van der Waals surface area (Å²) >= 11 is 0. The molecule has 1 rings (SSSR count). The summed E-state index contributed by atoms with van der Waals surface area (Å²) in [5.41, 5.74) is 6.80. The van der Waals surface area contributed by atoms with Crippen molar-refractivity contribution in [3.05, 3.63) is 29.8 Å². The molecule has 0 aliphatic rings. The number of carbonyl (C=O) groups excluding carboxylic acids is 1. The monoisotopic (exact) mass is 193 g/mol. The quantitative estimate of drug-likeness (QED) is 0.473. The zero-order valence-electron chi connectivity index (χ0n) is 8.21. The topological polar surface area (TPSA) is 67.1 Å². The second-order valence-electron chi connectivity index (χ2n) is 2.98. The van der Waals surface area contributed by atoms with Crippen LogP contribution in [0.1, 0.15) is 10.4 Å². The van der Waals surface area contributed by atoms with Crippen LogP contribution in [0.2, 0.25) is 0 Å². The van der Waals surface area contributed by atoms with E-state index in [2.05, 4.69) is 10.6 Å². The number of rotatable bonds is 4. The van der Waals surface area contributed by atoms with Gasteiger partial charge in [-0.05, 0) is 31.3 Å². The molecule has 14 heavy (non-hydrogen) atoms. The van der Waals surface area contributed by atoms with Crippen molar-refractivity contribution in [3.63, 3.8) is 0 Å². The van der Waals surface area contributed by atoms with Crippen molar-refractivity contribution < 1.29 is 4.79 Å². The highest BCUT2D eigenvalue weighted by atomic mass is 16.1. The third kappa shape index (κ3) is 3.06. The smallest absolute Gasteiger partial charge is 0.251 e. The molecule has 1 aromatic rings. The Labute approximate surface area is 83.5 Å². The molecule has 0 heterocycles. The fourth-order valence-corrected chi connectivity index (χ4v) is 1.04. The average Bonchev–Trinajstić information content (AvgIpc) is 2.19. The summed E-state index contributed by atoms with van der Waals surface area (Å²) in [6, 6.07) is 6.86. The molecule has 4 N–H and O–H groups in total. The minimum Gasteiger partial charge on any atom is -0.399 e. The fraction of sp³-hybridized carbons (Fsp3) is 0.300. The Morgan fingerprint density at radius 3 is 2.50 bits per heavy atom. The maximum Gasteiger partial charge on any atom is 0.251 e. The second kappa shape index (κ2) is 5.24. The number of benzene rings is 1. The van der Waals surface area contributed by atoms with Crippen molar-refractivity contribution in [2.24, 2.45) is 0 Å². The molecule has 4 heteroatoms. The zero-order valence-corrected chi connectivity index (χ0v) is 8.21. The van der Waals surface area contributed by atoms with Crippen LogP contribution < -0.4 is 16.4 Å². The first kappa shape index (κ1) is 10.5. The molecule has 1 aromatic carbocycles. The van der Waals surface area contributed by atoms with Crippen molar-refractivity contribution >= 4 is 11.6 Å². The maximum absolute atomic E-state index is 11.5. The molecule has 0 atom stereocenters. The van der Waals surface area contributed by atoms with Gasteiger partial charge in [0.15, 0.2) is 0 Å². The number of nitrogen functional groups attached to an aromatic ring is 1. The Morgan fingerprint density at radius 1 is 1.29 bits per heavy atom. The highest BCUT2D eigenvalue weighted by Crippen LogP contribution is 2.04. The molecule has 0 aliphatic heterocycles. The summed E-state index contributed by atoms with van der Waals surface area (Å²) in [6.07, 6.45) is 0. The van der Waals surface area contributed by atoms with Crippen LogP contribution in [0.15, 0.2) is 24.3 Å². The lowest BCUT2D eigenvalue weighted by molar-refractivity contribution is 0.0954. The van der Waals surface area contributed by atoms with Gasteiger partial charge in [-0.2, -0.15) is 0 Å². The van der Waals surface area contributed by atoms with Crippen molar-refractivity contribution in [2.45, 2.75) is 0 Å². The van der Waals surface area contributed by atoms with Crippen LogP contribution in [0.3, 0.4) is 0 Å². The van der Waals surface area contributed by atoms with Gasteiger partial charge >= 0.3 is 0 Å². The van der Waals surface area contributed by atoms with Crippen molar-refractivity contribution in [3.8, 4) is 0 Å². The SMILES string of the molecule is CNCCNC(=O)c1ccc(N)cc1. The Kier molecular flexibility index (Phi) is 3.94. The van der Waals surface area contributed by atoms with E-state index in [1.807, 2.05) is 7.05 Å². The van der Waals surface area contributed by atoms with Crippen LogP contribution in [-0.2, 0) is 0 Å². The van der Waals surface area contributed by atoms with Gasteiger partial charge in [-0.3, -0.25) is 4.79 Å². The number of nitrogens with one attached hydrogen (secondary N) is 2. The van der Waals surface area contributed by atoms with Gasteiger partial charge in [0.2, 0.25) is 0 Å². The molecule has 0 bridgehead atoms. The molecule has 1 amide bonds. The molecule has 0 saturated heterocycles. The number of likely N-dealkylation sites (N-methyl/N-ethyl adjacent to an activating group) is 1. The molecular formula is C10H15N3O.